The normalized spacial score (nSPS) is 16.1. The van der Waals surface area contributed by atoms with Crippen LogP contribution in [0.25, 0.3) is 0 Å². The predicted octanol–water partition coefficient (Wildman–Crippen LogP) is 2.34. The number of rotatable bonds is 3. The highest BCUT2D eigenvalue weighted by molar-refractivity contribution is 6.05. The van der Waals surface area contributed by atoms with Crippen molar-refractivity contribution in [3.63, 3.8) is 0 Å². The number of fused-ring (bicyclic) bond motifs is 1. The molecular weight excluding hydrogens is 332 g/mol. The maximum Gasteiger partial charge on any atom is 0.269 e. The number of nitrogens with zero attached hydrogens (tertiary/aromatic N) is 2. The van der Waals surface area contributed by atoms with E-state index in [2.05, 4.69) is 10.3 Å². The van der Waals surface area contributed by atoms with Crippen molar-refractivity contribution in [3.8, 4) is 5.75 Å². The van der Waals surface area contributed by atoms with Gasteiger partial charge in [-0.1, -0.05) is 17.7 Å². The van der Waals surface area contributed by atoms with Crippen molar-refractivity contribution in [2.45, 2.75) is 33.8 Å². The largest absolute Gasteiger partial charge is 0.477 e. The Bertz CT molecular complexity index is 871. The van der Waals surface area contributed by atoms with Crippen LogP contribution in [0.4, 0.5) is 17.3 Å². The number of aromatic nitrogens is 1. The van der Waals surface area contributed by atoms with Gasteiger partial charge in [-0.25, -0.2) is 4.98 Å². The lowest BCUT2D eigenvalue weighted by atomic mass is 10.1. The molecule has 1 atom stereocenters. The zero-order valence-electron chi connectivity index (χ0n) is 15.3. The van der Waals surface area contributed by atoms with Gasteiger partial charge in [0, 0.05) is 5.69 Å². The Morgan fingerprint density at radius 1 is 1.27 bits per heavy atom. The van der Waals surface area contributed by atoms with Crippen molar-refractivity contribution in [1.29, 1.82) is 0 Å². The fraction of sp³-hybridized carbons (Fsp3) is 0.316. The van der Waals surface area contributed by atoms with Gasteiger partial charge in [0.1, 0.15) is 12.4 Å². The Morgan fingerprint density at radius 2 is 1.92 bits per heavy atom. The van der Waals surface area contributed by atoms with E-state index < -0.39 is 6.10 Å². The van der Waals surface area contributed by atoms with Crippen molar-refractivity contribution < 1.29 is 14.3 Å². The summed E-state index contributed by atoms with van der Waals surface area (Å²) in [5, 5.41) is 2.90. The number of nitrogens with one attached hydrogen (secondary N) is 1. The molecule has 3 rings (SSSR count). The first kappa shape index (κ1) is 17.7. The third-order valence-corrected chi connectivity index (χ3v) is 4.28. The van der Waals surface area contributed by atoms with Crippen LogP contribution in [-0.2, 0) is 9.59 Å². The minimum absolute atomic E-state index is 0.164. The summed E-state index contributed by atoms with van der Waals surface area (Å²) >= 11 is 0. The molecule has 1 aromatic heterocycles. The van der Waals surface area contributed by atoms with E-state index in [1.54, 1.807) is 19.1 Å². The Hall–Kier alpha value is -3.09. The maximum absolute atomic E-state index is 12.6. The second kappa shape index (κ2) is 6.67. The van der Waals surface area contributed by atoms with Gasteiger partial charge >= 0.3 is 0 Å². The van der Waals surface area contributed by atoms with E-state index in [9.17, 15) is 9.59 Å². The number of anilines is 3. The van der Waals surface area contributed by atoms with Gasteiger partial charge in [0.15, 0.2) is 17.7 Å². The van der Waals surface area contributed by atoms with E-state index in [-0.39, 0.29) is 30.0 Å². The number of nitrogens with two attached hydrogens (primary N) is 1. The zero-order chi connectivity index (χ0) is 19.0. The van der Waals surface area contributed by atoms with Crippen LogP contribution in [-0.4, -0.2) is 29.4 Å². The number of carbonyl (C=O) groups excluding carboxylic acids is 2. The number of ether oxygens (including phenoxy) is 1. The predicted molar refractivity (Wildman–Crippen MR) is 100 cm³/mol. The van der Waals surface area contributed by atoms with Crippen LogP contribution in [0, 0.1) is 20.8 Å². The fourth-order valence-electron chi connectivity index (χ4n) is 3.15. The van der Waals surface area contributed by atoms with Gasteiger partial charge in [-0.05, 0) is 51.0 Å². The molecule has 2 heterocycles. The minimum atomic E-state index is -0.691. The Balaban J connectivity index is 1.85. The van der Waals surface area contributed by atoms with Gasteiger partial charge in [-0.3, -0.25) is 14.5 Å². The van der Waals surface area contributed by atoms with E-state index in [1.165, 1.54) is 4.90 Å². The summed E-state index contributed by atoms with van der Waals surface area (Å²) in [6.45, 7) is 7.36. The monoisotopic (exact) mass is 354 g/mol. The summed E-state index contributed by atoms with van der Waals surface area (Å²) in [7, 11) is 0. The molecule has 3 N–H and O–H groups in total. The molecule has 26 heavy (non-hydrogen) atoms. The number of nitrogen functional groups attached to an aromatic ring is 1. The molecule has 7 nitrogen and oxygen atoms in total. The number of aryl methyl sites for hydroxylation is 3. The van der Waals surface area contributed by atoms with Crippen LogP contribution < -0.4 is 20.7 Å². The quantitative estimate of drug-likeness (QED) is 0.882. The molecule has 1 unspecified atom stereocenters. The molecule has 0 spiro atoms. The van der Waals surface area contributed by atoms with Crippen LogP contribution in [0.2, 0.25) is 0 Å². The Kier molecular flexibility index (Phi) is 4.54. The van der Waals surface area contributed by atoms with Crippen LogP contribution in [0.1, 0.15) is 23.6 Å². The first-order chi connectivity index (χ1) is 12.3. The third-order valence-electron chi connectivity index (χ3n) is 4.28. The van der Waals surface area contributed by atoms with E-state index in [4.69, 9.17) is 10.5 Å². The number of amides is 2. The molecule has 0 bridgehead atoms. The topological polar surface area (TPSA) is 97.5 Å². The lowest BCUT2D eigenvalue weighted by Gasteiger charge is -2.31. The third kappa shape index (κ3) is 3.33. The fourth-order valence-corrected chi connectivity index (χ4v) is 3.15. The summed E-state index contributed by atoms with van der Waals surface area (Å²) in [4.78, 5) is 30.6. The molecule has 2 aromatic rings. The summed E-state index contributed by atoms with van der Waals surface area (Å²) in [5.74, 6) is 0.313. The van der Waals surface area contributed by atoms with Gasteiger partial charge in [-0.2, -0.15) is 0 Å². The van der Waals surface area contributed by atoms with Crippen molar-refractivity contribution in [3.05, 3.63) is 41.0 Å². The first-order valence-corrected chi connectivity index (χ1v) is 8.38. The lowest BCUT2D eigenvalue weighted by molar-refractivity contribution is -0.127. The zero-order valence-corrected chi connectivity index (χ0v) is 15.3. The number of benzene rings is 1. The maximum atomic E-state index is 12.6. The summed E-state index contributed by atoms with van der Waals surface area (Å²) in [6, 6.07) is 7.25. The number of hydrogen-bond donors (Lipinski definition) is 2. The van der Waals surface area contributed by atoms with Crippen LogP contribution in [0.5, 0.6) is 5.75 Å². The lowest BCUT2D eigenvalue weighted by Crippen LogP contribution is -2.48. The molecule has 0 aliphatic carbocycles. The summed E-state index contributed by atoms with van der Waals surface area (Å²) in [5.41, 5.74) is 9.56. The Labute approximate surface area is 152 Å². The standard InChI is InChI=1S/C19H22N4O3/c1-10-7-11(2)17(12(3)8-10)22-16(24)9-23-18-14(5-6-15(20)21-18)26-13(4)19(23)25/h5-8,13H,9H2,1-4H3,(H2,20,21)(H,22,24). The second-order valence-corrected chi connectivity index (χ2v) is 6.56. The van der Waals surface area contributed by atoms with Gasteiger partial charge in [0.2, 0.25) is 5.91 Å². The van der Waals surface area contributed by atoms with Crippen LogP contribution in [0.3, 0.4) is 0 Å². The van der Waals surface area contributed by atoms with Crippen molar-refractivity contribution in [1.82, 2.24) is 4.98 Å². The minimum Gasteiger partial charge on any atom is -0.477 e. The molecular formula is C19H22N4O3. The van der Waals surface area contributed by atoms with E-state index in [0.29, 0.717) is 5.75 Å². The highest BCUT2D eigenvalue weighted by Gasteiger charge is 2.34. The SMILES string of the molecule is Cc1cc(C)c(NC(=O)CN2C(=O)C(C)Oc3ccc(N)nc32)c(C)c1. The average Bonchev–Trinajstić information content (AvgIpc) is 2.56. The smallest absolute Gasteiger partial charge is 0.269 e. The Morgan fingerprint density at radius 3 is 2.58 bits per heavy atom. The van der Waals surface area contributed by atoms with Gasteiger partial charge in [0.05, 0.1) is 0 Å². The summed E-state index contributed by atoms with van der Waals surface area (Å²) in [6.07, 6.45) is -0.691. The van der Waals surface area contributed by atoms with Gasteiger partial charge < -0.3 is 15.8 Å². The van der Waals surface area contributed by atoms with Gasteiger partial charge in [0.25, 0.3) is 5.91 Å². The average molecular weight is 354 g/mol. The van der Waals surface area contributed by atoms with Crippen LogP contribution >= 0.6 is 0 Å². The van der Waals surface area contributed by atoms with Crippen molar-refractivity contribution in [2.24, 2.45) is 0 Å². The van der Waals surface area contributed by atoms with E-state index in [1.807, 2.05) is 32.9 Å². The molecule has 1 aromatic carbocycles. The second-order valence-electron chi connectivity index (χ2n) is 6.56. The number of carbonyl (C=O) groups is 2. The van der Waals surface area contributed by atoms with E-state index >= 15 is 0 Å². The highest BCUT2D eigenvalue weighted by atomic mass is 16.5. The molecule has 0 fully saturated rings. The molecule has 0 radical (unpaired) electrons. The number of pyridine rings is 1. The molecule has 1 aliphatic rings. The van der Waals surface area contributed by atoms with Crippen molar-refractivity contribution >= 4 is 29.1 Å². The number of hydrogen-bond acceptors (Lipinski definition) is 5. The summed E-state index contributed by atoms with van der Waals surface area (Å²) < 4.78 is 5.54. The van der Waals surface area contributed by atoms with Crippen molar-refractivity contribution in [2.75, 3.05) is 22.5 Å². The molecule has 2 amide bonds. The molecule has 0 saturated carbocycles. The van der Waals surface area contributed by atoms with E-state index in [0.717, 1.165) is 22.4 Å². The molecule has 7 heteroatoms. The highest BCUT2D eigenvalue weighted by Crippen LogP contribution is 2.33. The molecule has 136 valence electrons. The molecule has 1 aliphatic heterocycles. The van der Waals surface area contributed by atoms with Gasteiger partial charge in [-0.15, -0.1) is 0 Å². The van der Waals surface area contributed by atoms with Crippen LogP contribution in [0.15, 0.2) is 24.3 Å². The molecule has 0 saturated heterocycles. The first-order valence-electron chi connectivity index (χ1n) is 8.38.